The van der Waals surface area contributed by atoms with Crippen molar-refractivity contribution >= 4 is 62.6 Å². The Morgan fingerprint density at radius 2 is 1.12 bits per heavy atom. The molecule has 0 bridgehead atoms. The zero-order chi connectivity index (χ0) is 39.1. The quantitative estimate of drug-likeness (QED) is 0.136. The maximum Gasteiger partial charge on any atom is 0.151 e. The van der Waals surface area contributed by atoms with E-state index in [0.29, 0.717) is 0 Å². The summed E-state index contributed by atoms with van der Waals surface area (Å²) >= 11 is 0. The van der Waals surface area contributed by atoms with Gasteiger partial charge in [-0.3, -0.25) is 5.41 Å². The number of hydrogen-bond donors (Lipinski definition) is 2. The van der Waals surface area contributed by atoms with Crippen LogP contribution in [0, 0.1) is 17.7 Å². The molecule has 2 aromatic heterocycles. The van der Waals surface area contributed by atoms with Crippen LogP contribution in [-0.4, -0.2) is 18.8 Å². The first-order chi connectivity index (χ1) is 28.0. The van der Waals surface area contributed by atoms with E-state index in [2.05, 4.69) is 122 Å². The average Bonchev–Trinajstić information content (AvgIpc) is 3.86. The van der Waals surface area contributed by atoms with Crippen LogP contribution in [0.4, 0.5) is 0 Å². The summed E-state index contributed by atoms with van der Waals surface area (Å²) in [5.41, 5.74) is 12.6. The van der Waals surface area contributed by atoms with E-state index in [-0.39, 0.29) is 5.84 Å². The lowest BCUT2D eigenvalue weighted by molar-refractivity contribution is 0.668. The third-order valence-corrected chi connectivity index (χ3v) is 9.94. The molecule has 2 heterocycles. The number of benzene rings is 8. The molecule has 0 atom stereocenters. The fraction of sp³-hybridized carbons (Fsp3) is 0.0192. The van der Waals surface area contributed by atoms with Crippen LogP contribution in [0.3, 0.4) is 0 Å². The number of nitrogens with zero attached hydrogens (tertiary/aromatic N) is 1. The van der Waals surface area contributed by atoms with Crippen LogP contribution < -0.4 is 0 Å². The van der Waals surface area contributed by atoms with Crippen molar-refractivity contribution in [1.29, 1.82) is 10.8 Å². The molecule has 0 radical (unpaired) electrons. The SMILES string of the molecule is C=NC(=N)c1ccccc1.Cc1ccccc1.N=Cc1ccc(-c2ccc3c(c2)oc2ccccc23)c2oc3c(-c4ccccc4)cc(-c4ccccc4)cc3c12. The molecule has 57 heavy (non-hydrogen) atoms. The fourth-order valence-corrected chi connectivity index (χ4v) is 7.10. The molecular weight excluding hydrogens is 699 g/mol. The Balaban J connectivity index is 0.000000222. The Hall–Kier alpha value is -7.63. The van der Waals surface area contributed by atoms with Gasteiger partial charge in [-0.15, -0.1) is 0 Å². The van der Waals surface area contributed by atoms with Crippen molar-refractivity contribution in [3.05, 3.63) is 205 Å². The van der Waals surface area contributed by atoms with E-state index >= 15 is 0 Å². The molecule has 0 aliphatic heterocycles. The van der Waals surface area contributed by atoms with E-state index in [1.807, 2.05) is 84.9 Å². The Morgan fingerprint density at radius 3 is 1.77 bits per heavy atom. The lowest BCUT2D eigenvalue weighted by atomic mass is 9.93. The predicted octanol–water partition coefficient (Wildman–Crippen LogP) is 14.2. The van der Waals surface area contributed by atoms with Gasteiger partial charge >= 0.3 is 0 Å². The van der Waals surface area contributed by atoms with Crippen molar-refractivity contribution in [3.63, 3.8) is 0 Å². The van der Waals surface area contributed by atoms with E-state index in [0.717, 1.165) is 88.4 Å². The Bertz CT molecular complexity index is 3000. The minimum atomic E-state index is 0.223. The summed E-state index contributed by atoms with van der Waals surface area (Å²) < 4.78 is 13.0. The zero-order valence-electron chi connectivity index (χ0n) is 31.4. The molecular formula is C52H39N3O2. The number of para-hydroxylation sites is 1. The zero-order valence-corrected chi connectivity index (χ0v) is 31.4. The minimum absolute atomic E-state index is 0.223. The molecule has 5 heteroatoms. The Morgan fingerprint density at radius 1 is 0.509 bits per heavy atom. The topological polar surface area (TPSA) is 86.3 Å². The van der Waals surface area contributed by atoms with Gasteiger partial charge in [0.25, 0.3) is 0 Å². The number of amidine groups is 1. The molecule has 8 aromatic carbocycles. The highest BCUT2D eigenvalue weighted by Gasteiger charge is 2.20. The van der Waals surface area contributed by atoms with Gasteiger partial charge in [-0.25, -0.2) is 4.99 Å². The van der Waals surface area contributed by atoms with Gasteiger partial charge < -0.3 is 14.2 Å². The van der Waals surface area contributed by atoms with Gasteiger partial charge in [0.1, 0.15) is 22.3 Å². The van der Waals surface area contributed by atoms with Gasteiger partial charge in [-0.1, -0.05) is 157 Å². The molecule has 0 saturated carbocycles. The largest absolute Gasteiger partial charge is 0.456 e. The molecule has 10 aromatic rings. The van der Waals surface area contributed by atoms with Crippen LogP contribution in [0.2, 0.25) is 0 Å². The summed E-state index contributed by atoms with van der Waals surface area (Å²) in [5, 5.41) is 19.6. The van der Waals surface area contributed by atoms with Crippen molar-refractivity contribution in [2.45, 2.75) is 6.92 Å². The summed E-state index contributed by atoms with van der Waals surface area (Å²) in [6.07, 6.45) is 1.42. The maximum absolute atomic E-state index is 8.24. The van der Waals surface area contributed by atoms with Crippen LogP contribution in [0.1, 0.15) is 16.7 Å². The number of aryl methyl sites for hydroxylation is 1. The monoisotopic (exact) mass is 737 g/mol. The number of hydrogen-bond acceptors (Lipinski definition) is 4. The molecule has 274 valence electrons. The predicted molar refractivity (Wildman–Crippen MR) is 239 cm³/mol. The summed E-state index contributed by atoms with van der Waals surface area (Å²) in [6, 6.07) is 63.3. The highest BCUT2D eigenvalue weighted by Crippen LogP contribution is 2.44. The number of furan rings is 2. The molecule has 0 spiro atoms. The van der Waals surface area contributed by atoms with E-state index in [1.54, 1.807) is 0 Å². The van der Waals surface area contributed by atoms with Crippen molar-refractivity contribution in [2.24, 2.45) is 4.99 Å². The normalized spacial score (nSPS) is 10.8. The summed E-state index contributed by atoms with van der Waals surface area (Å²) in [7, 11) is 0. The number of nitrogens with one attached hydrogen (secondary N) is 2. The molecule has 0 saturated heterocycles. The van der Waals surface area contributed by atoms with E-state index < -0.39 is 0 Å². The Kier molecular flexibility index (Phi) is 10.5. The summed E-state index contributed by atoms with van der Waals surface area (Å²) in [5.74, 6) is 0.223. The van der Waals surface area contributed by atoms with E-state index in [9.17, 15) is 0 Å². The molecule has 0 fully saturated rings. The van der Waals surface area contributed by atoms with Crippen LogP contribution >= 0.6 is 0 Å². The van der Waals surface area contributed by atoms with Crippen molar-refractivity contribution in [3.8, 4) is 33.4 Å². The van der Waals surface area contributed by atoms with Crippen LogP contribution in [-0.2, 0) is 0 Å². The van der Waals surface area contributed by atoms with Gasteiger partial charge in [0.05, 0.1) is 0 Å². The molecule has 0 aliphatic carbocycles. The molecule has 0 aliphatic rings. The maximum atomic E-state index is 8.24. The first-order valence-corrected chi connectivity index (χ1v) is 18.7. The van der Waals surface area contributed by atoms with Gasteiger partial charge in [-0.2, -0.15) is 0 Å². The first-order valence-electron chi connectivity index (χ1n) is 18.7. The third-order valence-electron chi connectivity index (χ3n) is 9.94. The second-order valence-electron chi connectivity index (χ2n) is 13.6. The first kappa shape index (κ1) is 36.4. The van der Waals surface area contributed by atoms with E-state index in [4.69, 9.17) is 19.7 Å². The fourth-order valence-electron chi connectivity index (χ4n) is 7.10. The lowest BCUT2D eigenvalue weighted by Crippen LogP contribution is -1.91. The Labute approximate surface area is 331 Å². The van der Waals surface area contributed by atoms with Crippen LogP contribution in [0.5, 0.6) is 0 Å². The summed E-state index contributed by atoms with van der Waals surface area (Å²) in [4.78, 5) is 3.49. The minimum Gasteiger partial charge on any atom is -0.456 e. The smallest absolute Gasteiger partial charge is 0.151 e. The van der Waals surface area contributed by atoms with Crippen LogP contribution in [0.15, 0.2) is 202 Å². The number of fused-ring (bicyclic) bond motifs is 6. The van der Waals surface area contributed by atoms with Gasteiger partial charge in [0, 0.05) is 50.0 Å². The second-order valence-corrected chi connectivity index (χ2v) is 13.6. The molecule has 2 N–H and O–H groups in total. The van der Waals surface area contributed by atoms with Crippen molar-refractivity contribution in [2.75, 3.05) is 0 Å². The van der Waals surface area contributed by atoms with Crippen molar-refractivity contribution < 1.29 is 8.83 Å². The average molecular weight is 738 g/mol. The molecule has 0 amide bonds. The van der Waals surface area contributed by atoms with Gasteiger partial charge in [0.2, 0.25) is 0 Å². The lowest BCUT2D eigenvalue weighted by Gasteiger charge is -2.08. The number of rotatable bonds is 5. The summed E-state index contributed by atoms with van der Waals surface area (Å²) in [6.45, 7) is 5.35. The highest BCUT2D eigenvalue weighted by molar-refractivity contribution is 6.19. The van der Waals surface area contributed by atoms with Crippen molar-refractivity contribution in [1.82, 2.24) is 0 Å². The standard InChI is InChI=1S/C37H23NO2.C8H8N2.C7H8/c38-22-26-16-17-28(25-15-18-30-29-13-7-8-14-33(29)39-34(30)21-25)37-35(26)32-20-27(23-9-3-1-4-10-23)19-31(36(32)40-37)24-11-5-2-6-12-24;1-10-8(9)7-5-3-2-4-6-7;1-7-5-3-2-4-6-7/h1-22,38H;2-6,9H,1H2;2-6H,1H3. The van der Waals surface area contributed by atoms with Crippen LogP contribution in [0.25, 0.3) is 77.3 Å². The number of aliphatic imine (C=N–C) groups is 1. The molecule has 5 nitrogen and oxygen atoms in total. The van der Waals surface area contributed by atoms with E-state index in [1.165, 1.54) is 11.8 Å². The molecule has 10 rings (SSSR count). The third kappa shape index (κ3) is 7.55. The van der Waals surface area contributed by atoms with Gasteiger partial charge in [0.15, 0.2) is 5.84 Å². The molecule has 0 unspecified atom stereocenters. The highest BCUT2D eigenvalue weighted by atomic mass is 16.3. The van der Waals surface area contributed by atoms with Gasteiger partial charge in [-0.05, 0) is 72.3 Å². The second kappa shape index (κ2) is 16.4.